The molecule has 0 aromatic heterocycles. The van der Waals surface area contributed by atoms with Crippen molar-refractivity contribution < 1.29 is 19.5 Å². The van der Waals surface area contributed by atoms with Crippen LogP contribution in [0.5, 0.6) is 0 Å². The number of rotatable bonds is 9. The Balaban J connectivity index is -0.000000787. The van der Waals surface area contributed by atoms with Crippen LogP contribution in [0.4, 0.5) is 0 Å². The summed E-state index contributed by atoms with van der Waals surface area (Å²) in [5.41, 5.74) is 3.36. The van der Waals surface area contributed by atoms with Crippen molar-refractivity contribution in [1.29, 1.82) is 0 Å². The van der Waals surface area contributed by atoms with Crippen LogP contribution in [0, 0.1) is 0 Å². The first-order chi connectivity index (χ1) is 10.5. The Kier molecular flexibility index (Phi) is 22.4. The van der Waals surface area contributed by atoms with Gasteiger partial charge in [-0.05, 0) is 63.3 Å². The number of hydrogen-bond donors (Lipinski definition) is 0. The van der Waals surface area contributed by atoms with Gasteiger partial charge in [-0.2, -0.15) is 0 Å². The molecule has 1 nitrogen and oxygen atoms in total. The van der Waals surface area contributed by atoms with Gasteiger partial charge in [0.05, 0.1) is 22.6 Å². The summed E-state index contributed by atoms with van der Waals surface area (Å²) in [6, 6.07) is 0. The van der Waals surface area contributed by atoms with Crippen molar-refractivity contribution in [3.63, 3.8) is 0 Å². The minimum atomic E-state index is -0.377. The predicted octanol–water partition coefficient (Wildman–Crippen LogP) is 6.71. The van der Waals surface area contributed by atoms with Crippen molar-refractivity contribution in [2.45, 2.75) is 78.0 Å². The average Bonchev–Trinajstić information content (AvgIpc) is 2.34. The molecule has 0 atom stereocenters. The third kappa shape index (κ3) is 18.3. The van der Waals surface area contributed by atoms with Crippen molar-refractivity contribution in [2.75, 3.05) is 32.7 Å². The quantitative estimate of drug-likeness (QED) is 0.197. The fourth-order valence-corrected chi connectivity index (χ4v) is 7.96. The molecule has 0 aliphatic carbocycles. The molecule has 0 heterocycles. The molecule has 0 bridgehead atoms. The maximum absolute atomic E-state index is 4.65. The Morgan fingerprint density at radius 1 is 0.750 bits per heavy atom. The molecular formula is C19H47NP3Ru+3. The van der Waals surface area contributed by atoms with Gasteiger partial charge in [0.1, 0.15) is 0 Å². The summed E-state index contributed by atoms with van der Waals surface area (Å²) in [5, 5.41) is 4.65. The van der Waals surface area contributed by atoms with Gasteiger partial charge in [0.15, 0.2) is 0 Å². The average molecular weight is 484 g/mol. The zero-order valence-corrected chi connectivity index (χ0v) is 23.1. The summed E-state index contributed by atoms with van der Waals surface area (Å²) < 4.78 is 0. The molecule has 0 unspecified atom stereocenters. The van der Waals surface area contributed by atoms with Crippen LogP contribution in [0.2, 0.25) is 0 Å². The van der Waals surface area contributed by atoms with Gasteiger partial charge in [-0.15, -0.1) is 6.20 Å². The second-order valence-corrected chi connectivity index (χ2v) is 18.8. The molecule has 0 saturated heterocycles. The van der Waals surface area contributed by atoms with E-state index >= 15 is 0 Å². The van der Waals surface area contributed by atoms with Crippen LogP contribution < -0.4 is 0 Å². The summed E-state index contributed by atoms with van der Waals surface area (Å²) in [5.74, 6) is 2.41. The van der Waals surface area contributed by atoms with E-state index in [1.54, 1.807) is 0 Å². The van der Waals surface area contributed by atoms with Crippen LogP contribution in [0.25, 0.3) is 5.32 Å². The van der Waals surface area contributed by atoms with Crippen molar-refractivity contribution >= 4 is 23.8 Å². The molecule has 1 radical (unpaired) electrons. The first-order valence-electron chi connectivity index (χ1n) is 9.32. The van der Waals surface area contributed by atoms with E-state index in [1.807, 2.05) is 0 Å². The van der Waals surface area contributed by atoms with Gasteiger partial charge in [0.25, 0.3) is 0 Å². The predicted molar refractivity (Wildman–Crippen MR) is 127 cm³/mol. The van der Waals surface area contributed by atoms with E-state index in [2.05, 4.69) is 92.7 Å². The summed E-state index contributed by atoms with van der Waals surface area (Å²) >= 11 is 0. The molecule has 0 saturated carbocycles. The Morgan fingerprint density at radius 2 is 1.12 bits per heavy atom. The van der Waals surface area contributed by atoms with Crippen LogP contribution >= 0.6 is 23.8 Å². The summed E-state index contributed by atoms with van der Waals surface area (Å²) in [6.07, 6.45) is 3.45. The molecular weight excluding hydrogens is 436 g/mol. The summed E-state index contributed by atoms with van der Waals surface area (Å²) in [7, 11) is -0.488. The molecule has 0 aromatic carbocycles. The molecule has 24 heavy (non-hydrogen) atoms. The third-order valence-electron chi connectivity index (χ3n) is 3.72. The van der Waals surface area contributed by atoms with Crippen LogP contribution in [-0.4, -0.2) is 55.3 Å². The van der Waals surface area contributed by atoms with E-state index in [-0.39, 0.29) is 43.2 Å². The van der Waals surface area contributed by atoms with Gasteiger partial charge in [0.2, 0.25) is 0 Å². The Labute approximate surface area is 171 Å². The molecule has 5 heteroatoms. The van der Waals surface area contributed by atoms with Crippen LogP contribution in [-0.2, 0) is 19.5 Å². The van der Waals surface area contributed by atoms with Gasteiger partial charge in [0, 0.05) is 47.8 Å². The van der Waals surface area contributed by atoms with E-state index < -0.39 is 0 Å². The SMILES string of the molecule is CC(C)[PH+](/C=C\[N-]CC[PH+](C(C)C)C(C)C)C(C)C.C[PH+](C)C.[RuH+]. The van der Waals surface area contributed by atoms with E-state index in [0.717, 1.165) is 29.2 Å². The van der Waals surface area contributed by atoms with Gasteiger partial charge in [-0.3, -0.25) is 0 Å². The fourth-order valence-electron chi connectivity index (χ4n) is 2.70. The number of hydrogen-bond acceptors (Lipinski definition) is 0. The molecule has 0 aliphatic rings. The third-order valence-corrected chi connectivity index (χ3v) is 10.7. The van der Waals surface area contributed by atoms with Crippen molar-refractivity contribution in [2.24, 2.45) is 0 Å². The topological polar surface area (TPSA) is 14.1 Å². The Bertz CT molecular complexity index is 274. The number of nitrogens with zero attached hydrogens (tertiary/aromatic N) is 1. The monoisotopic (exact) mass is 484 g/mol. The minimum absolute atomic E-state index is 0. The molecule has 0 aromatic rings. The Morgan fingerprint density at radius 3 is 1.42 bits per heavy atom. The van der Waals surface area contributed by atoms with Crippen molar-refractivity contribution in [3.05, 3.63) is 17.3 Å². The van der Waals surface area contributed by atoms with E-state index in [0.29, 0.717) is 0 Å². The zero-order chi connectivity index (χ0) is 18.6. The maximum atomic E-state index is 4.65. The van der Waals surface area contributed by atoms with Crippen LogP contribution in [0.15, 0.2) is 12.0 Å². The first-order valence-corrected chi connectivity index (χ1v) is 15.9. The van der Waals surface area contributed by atoms with Crippen molar-refractivity contribution in [3.8, 4) is 0 Å². The molecule has 148 valence electrons. The normalized spacial score (nSPS) is 11.9. The van der Waals surface area contributed by atoms with Crippen molar-refractivity contribution in [1.82, 2.24) is 0 Å². The zero-order valence-electron chi connectivity index (χ0n) is 18.2. The fraction of sp³-hybridized carbons (Fsp3) is 0.895. The van der Waals surface area contributed by atoms with Gasteiger partial charge < -0.3 is 5.32 Å². The molecule has 0 N–H and O–H groups in total. The van der Waals surface area contributed by atoms with Crippen LogP contribution in [0.3, 0.4) is 0 Å². The second-order valence-electron chi connectivity index (χ2n) is 8.17. The van der Waals surface area contributed by atoms with Gasteiger partial charge >= 0.3 is 19.5 Å². The molecule has 0 spiro atoms. The molecule has 0 amide bonds. The van der Waals surface area contributed by atoms with E-state index in [1.165, 1.54) is 6.16 Å². The summed E-state index contributed by atoms with van der Waals surface area (Å²) in [6.45, 7) is 26.7. The standard InChI is InChI=1S/C16H34NP2.C3H9P.Ru.H/c1-13(2)18(14(3)4)11-9-17-10-12-19(15(5)6)16(7)8;1-4(2)3;;/h9,11,13-16H,10,12H2,1-8H3;1-3H3;;/q-1;;+1;/p+3/b11-9-;;;. The summed E-state index contributed by atoms with van der Waals surface area (Å²) in [4.78, 5) is 0. The van der Waals surface area contributed by atoms with Gasteiger partial charge in [-0.25, -0.2) is 0 Å². The van der Waals surface area contributed by atoms with Crippen LogP contribution in [0.1, 0.15) is 55.4 Å². The first kappa shape index (κ1) is 30.2. The molecule has 0 fully saturated rings. The molecule has 0 aliphatic heterocycles. The second kappa shape index (κ2) is 17.8. The van der Waals surface area contributed by atoms with Gasteiger partial charge in [-0.1, -0.05) is 6.54 Å². The van der Waals surface area contributed by atoms with E-state index in [9.17, 15) is 0 Å². The van der Waals surface area contributed by atoms with E-state index in [4.69, 9.17) is 0 Å². The molecule has 0 rings (SSSR count). The Hall–Kier alpha value is 1.45.